The molecule has 0 bridgehead atoms. The van der Waals surface area contributed by atoms with E-state index in [2.05, 4.69) is 41.3 Å². The lowest BCUT2D eigenvalue weighted by Gasteiger charge is -2.13. The Balaban J connectivity index is 0.000000531. The van der Waals surface area contributed by atoms with Gasteiger partial charge in [-0.15, -0.1) is 0 Å². The number of anilines is 1. The summed E-state index contributed by atoms with van der Waals surface area (Å²) in [6, 6.07) is 4.14. The van der Waals surface area contributed by atoms with E-state index < -0.39 is 0 Å². The van der Waals surface area contributed by atoms with Gasteiger partial charge in [-0.1, -0.05) is 27.7 Å². The van der Waals surface area contributed by atoms with Crippen LogP contribution in [0.15, 0.2) is 17.1 Å². The number of nitrogens with one attached hydrogen (secondary N) is 1. The molecule has 1 aromatic rings. The molecule has 2 heterocycles. The lowest BCUT2D eigenvalue weighted by Crippen LogP contribution is -2.10. The third-order valence-corrected chi connectivity index (χ3v) is 2.11. The molecule has 0 radical (unpaired) electrons. The summed E-state index contributed by atoms with van der Waals surface area (Å²) in [6.45, 7) is 8.94. The van der Waals surface area contributed by atoms with Gasteiger partial charge in [0.05, 0.1) is 11.9 Å². The molecule has 3 heteroatoms. The van der Waals surface area contributed by atoms with Crippen molar-refractivity contribution >= 4 is 11.9 Å². The highest BCUT2D eigenvalue weighted by Gasteiger charge is 2.08. The maximum absolute atomic E-state index is 4.50. The Kier molecular flexibility index (Phi) is 4.28. The average molecular weight is 205 g/mol. The SMILES string of the molecule is CC.CC(C)c1ccc2c(n1)C=NCN2. The summed E-state index contributed by atoms with van der Waals surface area (Å²) in [5.41, 5.74) is 3.16. The summed E-state index contributed by atoms with van der Waals surface area (Å²) in [7, 11) is 0. The Labute approximate surface area is 91.7 Å². The van der Waals surface area contributed by atoms with Gasteiger partial charge in [-0.2, -0.15) is 0 Å². The van der Waals surface area contributed by atoms with E-state index in [1.54, 1.807) is 0 Å². The molecule has 0 fully saturated rings. The van der Waals surface area contributed by atoms with E-state index in [4.69, 9.17) is 0 Å². The van der Waals surface area contributed by atoms with Crippen molar-refractivity contribution in [1.82, 2.24) is 4.98 Å². The summed E-state index contributed by atoms with van der Waals surface area (Å²) in [5, 5.41) is 3.17. The van der Waals surface area contributed by atoms with Gasteiger partial charge in [0.2, 0.25) is 0 Å². The van der Waals surface area contributed by atoms with Crippen LogP contribution in [0.25, 0.3) is 0 Å². The molecule has 0 saturated heterocycles. The van der Waals surface area contributed by atoms with Crippen molar-refractivity contribution in [3.8, 4) is 0 Å². The van der Waals surface area contributed by atoms with Gasteiger partial charge in [0, 0.05) is 5.69 Å². The molecule has 0 amide bonds. The first kappa shape index (κ1) is 11.7. The largest absolute Gasteiger partial charge is 0.364 e. The van der Waals surface area contributed by atoms with Gasteiger partial charge >= 0.3 is 0 Å². The van der Waals surface area contributed by atoms with Gasteiger partial charge in [-0.05, 0) is 18.1 Å². The Bertz CT molecular complexity index is 343. The van der Waals surface area contributed by atoms with E-state index in [1.807, 2.05) is 20.1 Å². The minimum atomic E-state index is 0.473. The van der Waals surface area contributed by atoms with Crippen molar-refractivity contribution < 1.29 is 0 Å². The van der Waals surface area contributed by atoms with Crippen LogP contribution >= 0.6 is 0 Å². The predicted octanol–water partition coefficient (Wildman–Crippen LogP) is 3.03. The van der Waals surface area contributed by atoms with Gasteiger partial charge in [-0.3, -0.25) is 4.99 Å². The molecule has 0 atom stereocenters. The molecule has 82 valence electrons. The second kappa shape index (κ2) is 5.49. The number of aliphatic imine (C=N–C) groups is 1. The second-order valence-corrected chi connectivity index (χ2v) is 3.47. The third kappa shape index (κ3) is 2.78. The average Bonchev–Trinajstić information content (AvgIpc) is 2.31. The minimum Gasteiger partial charge on any atom is -0.364 e. The van der Waals surface area contributed by atoms with E-state index in [-0.39, 0.29) is 0 Å². The van der Waals surface area contributed by atoms with Crippen molar-refractivity contribution in [2.75, 3.05) is 12.0 Å². The monoisotopic (exact) mass is 205 g/mol. The molecule has 3 nitrogen and oxygen atoms in total. The quantitative estimate of drug-likeness (QED) is 0.765. The normalized spacial score (nSPS) is 12.6. The lowest BCUT2D eigenvalue weighted by molar-refractivity contribution is 0.820. The fraction of sp³-hybridized carbons (Fsp3) is 0.500. The van der Waals surface area contributed by atoms with Crippen LogP contribution in [0.3, 0.4) is 0 Å². The fourth-order valence-corrected chi connectivity index (χ4v) is 1.32. The standard InChI is InChI=1S/C10H13N3.C2H6/c1-7(2)8-3-4-9-10(13-8)5-11-6-12-9;1-2/h3-5,7,12H,6H2,1-2H3;1-2H3. The molecule has 2 rings (SSSR count). The molecule has 1 aromatic heterocycles. The Morgan fingerprint density at radius 1 is 1.27 bits per heavy atom. The van der Waals surface area contributed by atoms with Gasteiger partial charge in [0.1, 0.15) is 12.4 Å². The molecular formula is C12H19N3. The number of nitrogens with zero attached hydrogens (tertiary/aromatic N) is 2. The zero-order chi connectivity index (χ0) is 11.3. The van der Waals surface area contributed by atoms with Gasteiger partial charge in [-0.25, -0.2) is 4.98 Å². The topological polar surface area (TPSA) is 37.3 Å². The molecule has 0 unspecified atom stereocenters. The van der Waals surface area contributed by atoms with Crippen molar-refractivity contribution in [3.63, 3.8) is 0 Å². The van der Waals surface area contributed by atoms with Crippen LogP contribution in [-0.4, -0.2) is 17.9 Å². The number of rotatable bonds is 1. The highest BCUT2D eigenvalue weighted by molar-refractivity contribution is 5.86. The Hall–Kier alpha value is -1.38. The summed E-state index contributed by atoms with van der Waals surface area (Å²) >= 11 is 0. The van der Waals surface area contributed by atoms with Crippen molar-refractivity contribution in [3.05, 3.63) is 23.5 Å². The molecule has 1 aliphatic rings. The maximum atomic E-state index is 4.50. The molecule has 0 aliphatic carbocycles. The minimum absolute atomic E-state index is 0.473. The van der Waals surface area contributed by atoms with Gasteiger partial charge in [0.15, 0.2) is 0 Å². The Morgan fingerprint density at radius 2 is 2.00 bits per heavy atom. The van der Waals surface area contributed by atoms with Gasteiger partial charge < -0.3 is 5.32 Å². The predicted molar refractivity (Wildman–Crippen MR) is 65.8 cm³/mol. The van der Waals surface area contributed by atoms with Crippen LogP contribution in [0.4, 0.5) is 5.69 Å². The van der Waals surface area contributed by atoms with E-state index in [0.29, 0.717) is 12.6 Å². The number of hydrogen-bond donors (Lipinski definition) is 1. The third-order valence-electron chi connectivity index (χ3n) is 2.11. The second-order valence-electron chi connectivity index (χ2n) is 3.47. The van der Waals surface area contributed by atoms with Crippen LogP contribution in [-0.2, 0) is 0 Å². The van der Waals surface area contributed by atoms with E-state index in [9.17, 15) is 0 Å². The number of fused-ring (bicyclic) bond motifs is 1. The molecule has 15 heavy (non-hydrogen) atoms. The first-order chi connectivity index (χ1) is 7.27. The van der Waals surface area contributed by atoms with Crippen molar-refractivity contribution in [2.24, 2.45) is 4.99 Å². The van der Waals surface area contributed by atoms with Crippen LogP contribution < -0.4 is 5.32 Å². The number of hydrogen-bond acceptors (Lipinski definition) is 3. The maximum Gasteiger partial charge on any atom is 0.107 e. The smallest absolute Gasteiger partial charge is 0.107 e. The molecule has 0 saturated carbocycles. The lowest BCUT2D eigenvalue weighted by atomic mass is 10.1. The van der Waals surface area contributed by atoms with Crippen LogP contribution in [0.5, 0.6) is 0 Å². The van der Waals surface area contributed by atoms with Crippen molar-refractivity contribution in [2.45, 2.75) is 33.6 Å². The highest BCUT2D eigenvalue weighted by atomic mass is 15.0. The zero-order valence-electron chi connectivity index (χ0n) is 9.91. The van der Waals surface area contributed by atoms with E-state index in [1.165, 1.54) is 0 Å². The van der Waals surface area contributed by atoms with Crippen LogP contribution in [0.1, 0.15) is 45.0 Å². The Morgan fingerprint density at radius 3 is 2.67 bits per heavy atom. The summed E-state index contributed by atoms with van der Waals surface area (Å²) in [5.74, 6) is 0.473. The van der Waals surface area contributed by atoms with Crippen LogP contribution in [0, 0.1) is 0 Å². The summed E-state index contributed by atoms with van der Waals surface area (Å²) in [4.78, 5) is 8.62. The van der Waals surface area contributed by atoms with Gasteiger partial charge in [0.25, 0.3) is 0 Å². The summed E-state index contributed by atoms with van der Waals surface area (Å²) in [6.07, 6.45) is 1.83. The molecule has 1 N–H and O–H groups in total. The number of pyridine rings is 1. The highest BCUT2D eigenvalue weighted by Crippen LogP contribution is 2.18. The number of aromatic nitrogens is 1. The van der Waals surface area contributed by atoms with E-state index >= 15 is 0 Å². The first-order valence-corrected chi connectivity index (χ1v) is 5.52. The van der Waals surface area contributed by atoms with E-state index in [0.717, 1.165) is 17.1 Å². The molecular weight excluding hydrogens is 186 g/mol. The first-order valence-electron chi connectivity index (χ1n) is 5.52. The molecule has 0 aromatic carbocycles. The summed E-state index contributed by atoms with van der Waals surface area (Å²) < 4.78 is 0. The van der Waals surface area contributed by atoms with Crippen molar-refractivity contribution in [1.29, 1.82) is 0 Å². The zero-order valence-corrected chi connectivity index (χ0v) is 9.91. The molecule has 0 spiro atoms. The molecule has 1 aliphatic heterocycles. The van der Waals surface area contributed by atoms with Crippen LogP contribution in [0.2, 0.25) is 0 Å². The fourth-order valence-electron chi connectivity index (χ4n) is 1.32.